The summed E-state index contributed by atoms with van der Waals surface area (Å²) in [5.74, 6) is 0.458. The first-order valence-electron chi connectivity index (χ1n) is 13.3. The monoisotopic (exact) mass is 531 g/mol. The van der Waals surface area contributed by atoms with Gasteiger partial charge >= 0.3 is 5.97 Å². The maximum absolute atomic E-state index is 13.5. The Labute approximate surface area is 226 Å². The molecule has 0 unspecified atom stereocenters. The number of thiazole rings is 1. The van der Waals surface area contributed by atoms with Crippen molar-refractivity contribution in [3.8, 4) is 16.9 Å². The average Bonchev–Trinajstić information content (AvgIpc) is 3.24. The van der Waals surface area contributed by atoms with E-state index in [4.69, 9.17) is 24.2 Å². The molecule has 0 amide bonds. The molecule has 8 heteroatoms. The van der Waals surface area contributed by atoms with Crippen molar-refractivity contribution in [3.63, 3.8) is 0 Å². The van der Waals surface area contributed by atoms with Crippen LogP contribution < -0.4 is 9.64 Å². The minimum absolute atomic E-state index is 0.277. The smallest absolute Gasteiger partial charge is 0.339 e. The second-order valence-corrected chi connectivity index (χ2v) is 11.9. The van der Waals surface area contributed by atoms with Crippen molar-refractivity contribution in [1.82, 2.24) is 9.97 Å². The molecule has 0 saturated carbocycles. The zero-order chi connectivity index (χ0) is 26.6. The van der Waals surface area contributed by atoms with Crippen molar-refractivity contribution < 1.29 is 19.0 Å². The number of pyridine rings is 1. The van der Waals surface area contributed by atoms with Crippen molar-refractivity contribution in [2.75, 3.05) is 31.2 Å². The van der Waals surface area contributed by atoms with E-state index >= 15 is 0 Å². The number of anilines is 1. The Balaban J connectivity index is 1.68. The number of nitrogens with zero attached hydrogens (tertiary/aromatic N) is 3. The van der Waals surface area contributed by atoms with Crippen LogP contribution in [0.5, 0.6) is 5.75 Å². The molecule has 2 aliphatic rings. The first-order valence-corrected chi connectivity index (χ1v) is 14.1. The molecular weight excluding hydrogens is 498 g/mol. The Bertz CT molecular complexity index is 1540. The number of ether oxygens (including phenoxy) is 3. The SMILES string of the molecule is CCOC(=O)[C@@H](OC(C)(C)C)c1c(C)cc2nc(N3CCC3)sc2c1-c1ccc2c3c(ccnc13)CCO2. The van der Waals surface area contributed by atoms with Crippen molar-refractivity contribution in [2.45, 2.75) is 59.2 Å². The fourth-order valence-corrected chi connectivity index (χ4v) is 6.52. The van der Waals surface area contributed by atoms with Crippen LogP contribution in [0.25, 0.3) is 32.2 Å². The molecule has 1 atom stereocenters. The second-order valence-electron chi connectivity index (χ2n) is 10.9. The molecule has 0 radical (unpaired) electrons. The van der Waals surface area contributed by atoms with Crippen LogP contribution in [0.15, 0.2) is 30.5 Å². The predicted octanol–water partition coefficient (Wildman–Crippen LogP) is 6.38. The van der Waals surface area contributed by atoms with Crippen LogP contribution in [0.2, 0.25) is 0 Å². The first kappa shape index (κ1) is 25.1. The van der Waals surface area contributed by atoms with Gasteiger partial charge in [-0.1, -0.05) is 11.3 Å². The highest BCUT2D eigenvalue weighted by Gasteiger charge is 2.35. The molecule has 0 spiro atoms. The third-order valence-corrected chi connectivity index (χ3v) is 8.27. The molecule has 1 fully saturated rings. The highest BCUT2D eigenvalue weighted by atomic mass is 32.1. The third kappa shape index (κ3) is 4.29. The van der Waals surface area contributed by atoms with Gasteiger partial charge in [-0.05, 0) is 76.4 Å². The van der Waals surface area contributed by atoms with Gasteiger partial charge in [-0.25, -0.2) is 9.78 Å². The van der Waals surface area contributed by atoms with E-state index in [9.17, 15) is 4.79 Å². The molecule has 7 nitrogen and oxygen atoms in total. The third-order valence-electron chi connectivity index (χ3n) is 7.12. The number of hydrogen-bond acceptors (Lipinski definition) is 8. The van der Waals surface area contributed by atoms with Gasteiger partial charge in [-0.3, -0.25) is 4.98 Å². The number of esters is 1. The van der Waals surface area contributed by atoms with E-state index in [0.717, 1.165) is 73.8 Å². The summed E-state index contributed by atoms with van der Waals surface area (Å²) in [7, 11) is 0. The van der Waals surface area contributed by atoms with E-state index in [2.05, 4.69) is 23.1 Å². The largest absolute Gasteiger partial charge is 0.493 e. The summed E-state index contributed by atoms with van der Waals surface area (Å²) < 4.78 is 19.1. The van der Waals surface area contributed by atoms with Crippen molar-refractivity contribution in [2.24, 2.45) is 0 Å². The Morgan fingerprint density at radius 2 is 2.05 bits per heavy atom. The van der Waals surface area contributed by atoms with Crippen LogP contribution >= 0.6 is 11.3 Å². The lowest BCUT2D eigenvalue weighted by Gasteiger charge is -2.30. The molecule has 0 N–H and O–H groups in total. The fraction of sp³-hybridized carbons (Fsp3) is 0.433. The number of carbonyl (C=O) groups excluding carboxylic acids is 1. The molecule has 198 valence electrons. The van der Waals surface area contributed by atoms with Crippen LogP contribution in [-0.4, -0.2) is 47.8 Å². The van der Waals surface area contributed by atoms with Gasteiger partial charge in [-0.2, -0.15) is 0 Å². The van der Waals surface area contributed by atoms with Gasteiger partial charge in [0.2, 0.25) is 0 Å². The van der Waals surface area contributed by atoms with Crippen molar-refractivity contribution >= 4 is 43.6 Å². The zero-order valence-corrected chi connectivity index (χ0v) is 23.4. The van der Waals surface area contributed by atoms with Crippen molar-refractivity contribution in [1.29, 1.82) is 0 Å². The first-order chi connectivity index (χ1) is 18.2. The number of rotatable bonds is 6. The Hall–Kier alpha value is -3.23. The van der Waals surface area contributed by atoms with E-state index < -0.39 is 17.7 Å². The molecule has 0 aliphatic carbocycles. The van der Waals surface area contributed by atoms with E-state index in [-0.39, 0.29) is 6.61 Å². The summed E-state index contributed by atoms with van der Waals surface area (Å²) in [5.41, 5.74) is 6.07. The zero-order valence-electron chi connectivity index (χ0n) is 22.6. The van der Waals surface area contributed by atoms with Gasteiger partial charge in [0.05, 0.1) is 34.5 Å². The highest BCUT2D eigenvalue weighted by molar-refractivity contribution is 7.22. The molecule has 0 bridgehead atoms. The average molecular weight is 532 g/mol. The standard InChI is InChI=1S/C30H33N3O4S/c1-6-35-28(34)26(37-30(3,4)5)22-17(2)16-20-27(38-29(32-20)33-13-7-14-33)24(22)19-8-9-21-23-18(11-15-36-21)10-12-31-25(19)23/h8-10,12,16,26H,6-7,11,13-15H2,1-5H3/t26-/m0/s1. The highest BCUT2D eigenvalue weighted by Crippen LogP contribution is 2.47. The fourth-order valence-electron chi connectivity index (χ4n) is 5.35. The minimum Gasteiger partial charge on any atom is -0.493 e. The van der Waals surface area contributed by atoms with Crippen molar-refractivity contribution in [3.05, 3.63) is 47.2 Å². The topological polar surface area (TPSA) is 73.8 Å². The minimum atomic E-state index is -0.897. The Morgan fingerprint density at radius 1 is 1.24 bits per heavy atom. The summed E-state index contributed by atoms with van der Waals surface area (Å²) in [6.45, 7) is 12.7. The van der Waals surface area contributed by atoms with E-state index in [1.165, 1.54) is 12.0 Å². The number of aryl methyl sites for hydroxylation is 1. The molecule has 1 saturated heterocycles. The van der Waals surface area contributed by atoms with Gasteiger partial charge in [0, 0.05) is 47.8 Å². The molecule has 2 aliphatic heterocycles. The maximum atomic E-state index is 13.5. The van der Waals surface area contributed by atoms with Crippen LogP contribution in [0, 0.1) is 6.92 Å². The summed E-state index contributed by atoms with van der Waals surface area (Å²) in [4.78, 5) is 25.7. The van der Waals surface area contributed by atoms with Gasteiger partial charge in [-0.15, -0.1) is 0 Å². The van der Waals surface area contributed by atoms with Crippen LogP contribution in [0.3, 0.4) is 0 Å². The number of aromatic nitrogens is 2. The molecular formula is C30H33N3O4S. The molecule has 4 aromatic rings. The van der Waals surface area contributed by atoms with Crippen LogP contribution in [0.1, 0.15) is 56.9 Å². The molecule has 38 heavy (non-hydrogen) atoms. The number of fused-ring (bicyclic) bond motifs is 1. The van der Waals surface area contributed by atoms with Gasteiger partial charge in [0.25, 0.3) is 0 Å². The molecule has 2 aromatic carbocycles. The van der Waals surface area contributed by atoms with E-state index in [0.29, 0.717) is 6.61 Å². The summed E-state index contributed by atoms with van der Waals surface area (Å²) in [5, 5.41) is 2.04. The molecule has 2 aromatic heterocycles. The van der Waals surface area contributed by atoms with E-state index in [1.54, 1.807) is 11.3 Å². The number of benzene rings is 2. The maximum Gasteiger partial charge on any atom is 0.339 e. The van der Waals surface area contributed by atoms with Gasteiger partial charge in [0.1, 0.15) is 5.75 Å². The number of carbonyl (C=O) groups is 1. The van der Waals surface area contributed by atoms with Crippen LogP contribution in [-0.2, 0) is 20.7 Å². The normalized spacial score (nSPS) is 15.9. The lowest BCUT2D eigenvalue weighted by Crippen LogP contribution is -2.36. The van der Waals surface area contributed by atoms with E-state index in [1.807, 2.05) is 46.9 Å². The summed E-state index contributed by atoms with van der Waals surface area (Å²) in [6.07, 6.45) is 2.99. The predicted molar refractivity (Wildman–Crippen MR) is 151 cm³/mol. The molecule has 4 heterocycles. The van der Waals surface area contributed by atoms with Gasteiger partial charge < -0.3 is 19.1 Å². The Morgan fingerprint density at radius 3 is 2.76 bits per heavy atom. The van der Waals surface area contributed by atoms with Crippen LogP contribution in [0.4, 0.5) is 5.13 Å². The second kappa shape index (κ2) is 9.50. The molecule has 6 rings (SSSR count). The quantitative estimate of drug-likeness (QED) is 0.267. The van der Waals surface area contributed by atoms with Gasteiger partial charge in [0.15, 0.2) is 11.2 Å². The summed E-state index contributed by atoms with van der Waals surface area (Å²) >= 11 is 1.67. The lowest BCUT2D eigenvalue weighted by molar-refractivity contribution is -0.166. The lowest BCUT2D eigenvalue weighted by atomic mass is 9.89. The number of hydrogen-bond donors (Lipinski definition) is 0. The summed E-state index contributed by atoms with van der Waals surface area (Å²) in [6, 6.07) is 8.25. The Kier molecular flexibility index (Phi) is 6.27.